The Kier molecular flexibility index (Phi) is 6.22. The van der Waals surface area contributed by atoms with Gasteiger partial charge in [0, 0.05) is 10.9 Å². The summed E-state index contributed by atoms with van der Waals surface area (Å²) in [4.78, 5) is 41.2. The molecule has 1 aliphatic heterocycles. The number of ketones is 1. The number of aromatic nitrogens is 1. The average Bonchev–Trinajstić information content (AvgIpc) is 3.04. The molecule has 156 valence electrons. The number of methoxy groups -OCH3 is 1. The number of rotatable bonds is 6. The van der Waals surface area contributed by atoms with Crippen LogP contribution in [-0.2, 0) is 14.3 Å². The van der Waals surface area contributed by atoms with Crippen LogP contribution in [0, 0.1) is 5.92 Å². The number of benzene rings is 1. The van der Waals surface area contributed by atoms with E-state index in [4.69, 9.17) is 9.47 Å². The van der Waals surface area contributed by atoms with Crippen molar-refractivity contribution in [3.05, 3.63) is 23.9 Å². The number of Topliss-reactive ketones (excluding diaryl/α,β-unsaturated/α-hetero) is 1. The third-order valence-corrected chi connectivity index (χ3v) is 5.46. The lowest BCUT2D eigenvalue weighted by Crippen LogP contribution is -3.18. The molecule has 1 amide bonds. The summed E-state index contributed by atoms with van der Waals surface area (Å²) in [5.41, 5.74) is 1.28. The van der Waals surface area contributed by atoms with Crippen LogP contribution in [0.25, 0.3) is 10.9 Å². The Hall–Kier alpha value is -2.87. The zero-order chi connectivity index (χ0) is 21.1. The average molecular weight is 402 g/mol. The Labute approximate surface area is 169 Å². The van der Waals surface area contributed by atoms with Gasteiger partial charge in [-0.05, 0) is 32.0 Å². The van der Waals surface area contributed by atoms with Crippen LogP contribution in [0.15, 0.2) is 18.2 Å². The van der Waals surface area contributed by atoms with Crippen LogP contribution in [0.4, 0.5) is 5.69 Å². The van der Waals surface area contributed by atoms with Crippen molar-refractivity contribution in [2.75, 3.05) is 32.1 Å². The van der Waals surface area contributed by atoms with Gasteiger partial charge in [-0.3, -0.25) is 9.59 Å². The van der Waals surface area contributed by atoms with Gasteiger partial charge in [-0.1, -0.05) is 6.92 Å². The number of carbonyl (C=O) groups is 3. The minimum absolute atomic E-state index is 0.0542. The largest absolute Gasteiger partial charge is 0.497 e. The number of nitrogens with one attached hydrogen (secondary N) is 3. The Morgan fingerprint density at radius 3 is 2.76 bits per heavy atom. The van der Waals surface area contributed by atoms with E-state index in [0.717, 1.165) is 4.90 Å². The quantitative estimate of drug-likeness (QED) is 0.630. The fourth-order valence-corrected chi connectivity index (χ4v) is 3.78. The molecule has 1 fully saturated rings. The first-order valence-electron chi connectivity index (χ1n) is 9.88. The highest BCUT2D eigenvalue weighted by atomic mass is 16.5. The summed E-state index contributed by atoms with van der Waals surface area (Å²) >= 11 is 0. The Balaban J connectivity index is 1.87. The van der Waals surface area contributed by atoms with Crippen LogP contribution in [0.1, 0.15) is 37.7 Å². The number of hydrogen-bond donors (Lipinski definition) is 3. The van der Waals surface area contributed by atoms with Crippen molar-refractivity contribution >= 4 is 34.3 Å². The minimum Gasteiger partial charge on any atom is -0.497 e. The SMILES string of the molecule is CCOC(=O)c1[nH]c2ccc(OC)cc2c1NC(=O)C[NH+]1C[C@@H](C)C(=O)C[C@@H]1C. The van der Waals surface area contributed by atoms with Crippen LogP contribution in [-0.4, -0.2) is 55.5 Å². The van der Waals surface area contributed by atoms with Gasteiger partial charge >= 0.3 is 5.97 Å². The lowest BCUT2D eigenvalue weighted by molar-refractivity contribution is -0.920. The molecular formula is C21H28N3O5+. The second-order valence-corrected chi connectivity index (χ2v) is 7.57. The van der Waals surface area contributed by atoms with Gasteiger partial charge in [0.15, 0.2) is 6.54 Å². The predicted octanol–water partition coefficient (Wildman–Crippen LogP) is 1.17. The summed E-state index contributed by atoms with van der Waals surface area (Å²) < 4.78 is 10.4. The van der Waals surface area contributed by atoms with Crippen molar-refractivity contribution in [2.45, 2.75) is 33.2 Å². The number of amides is 1. The Bertz CT molecular complexity index is 936. The first-order chi connectivity index (χ1) is 13.8. The standard InChI is InChI=1S/C21H27N3O5/c1-5-29-21(27)20-19(15-9-14(28-4)6-7-16(15)22-20)23-18(26)11-24-10-12(2)17(25)8-13(24)3/h6-7,9,12-13,22H,5,8,10-11H2,1-4H3,(H,23,26)/p+1/t12-,13+/m1/s1. The third kappa shape index (κ3) is 4.42. The summed E-state index contributed by atoms with van der Waals surface area (Å²) in [5, 5.41) is 3.56. The predicted molar refractivity (Wildman–Crippen MR) is 108 cm³/mol. The molecule has 3 rings (SSSR count). The van der Waals surface area contributed by atoms with Gasteiger partial charge < -0.3 is 24.7 Å². The fraction of sp³-hybridized carbons (Fsp3) is 0.476. The molecule has 8 nitrogen and oxygen atoms in total. The number of hydrogen-bond acceptors (Lipinski definition) is 5. The van der Waals surface area contributed by atoms with Gasteiger partial charge in [0.05, 0.1) is 44.3 Å². The molecule has 3 N–H and O–H groups in total. The van der Waals surface area contributed by atoms with Gasteiger partial charge in [-0.2, -0.15) is 0 Å². The van der Waals surface area contributed by atoms with Gasteiger partial charge in [-0.15, -0.1) is 0 Å². The number of anilines is 1. The molecule has 0 aliphatic carbocycles. The third-order valence-electron chi connectivity index (χ3n) is 5.46. The van der Waals surface area contributed by atoms with E-state index in [1.165, 1.54) is 0 Å². The fourth-order valence-electron chi connectivity index (χ4n) is 3.78. The number of esters is 1. The van der Waals surface area contributed by atoms with E-state index in [-0.39, 0.29) is 42.5 Å². The summed E-state index contributed by atoms with van der Waals surface area (Å²) in [5.74, 6) is 0.0555. The number of aromatic amines is 1. The monoisotopic (exact) mass is 402 g/mol. The number of quaternary nitrogens is 1. The maximum Gasteiger partial charge on any atom is 0.356 e. The van der Waals surface area contributed by atoms with E-state index in [1.54, 1.807) is 32.2 Å². The molecule has 2 heterocycles. The van der Waals surface area contributed by atoms with Crippen molar-refractivity contribution in [3.63, 3.8) is 0 Å². The molecule has 0 spiro atoms. The van der Waals surface area contributed by atoms with E-state index < -0.39 is 5.97 Å². The highest BCUT2D eigenvalue weighted by Crippen LogP contribution is 2.31. The molecule has 1 saturated heterocycles. The number of H-pyrrole nitrogens is 1. The highest BCUT2D eigenvalue weighted by molar-refractivity contribution is 6.11. The lowest BCUT2D eigenvalue weighted by Gasteiger charge is -2.32. The van der Waals surface area contributed by atoms with E-state index in [9.17, 15) is 14.4 Å². The zero-order valence-corrected chi connectivity index (χ0v) is 17.3. The number of likely N-dealkylation sites (tertiary alicyclic amines) is 1. The van der Waals surface area contributed by atoms with E-state index in [2.05, 4.69) is 10.3 Å². The smallest absolute Gasteiger partial charge is 0.356 e. The maximum absolute atomic E-state index is 12.8. The van der Waals surface area contributed by atoms with Crippen LogP contribution in [0.2, 0.25) is 0 Å². The molecule has 2 aromatic rings. The van der Waals surface area contributed by atoms with Gasteiger partial charge in [0.25, 0.3) is 5.91 Å². The topological polar surface area (TPSA) is 102 Å². The number of fused-ring (bicyclic) bond motifs is 1. The van der Waals surface area contributed by atoms with Crippen LogP contribution in [0.3, 0.4) is 0 Å². The lowest BCUT2D eigenvalue weighted by atomic mass is 9.93. The maximum atomic E-state index is 12.8. The first-order valence-corrected chi connectivity index (χ1v) is 9.88. The van der Waals surface area contributed by atoms with Crippen molar-refractivity contribution in [1.29, 1.82) is 0 Å². The molecule has 0 bridgehead atoms. The van der Waals surface area contributed by atoms with Crippen LogP contribution >= 0.6 is 0 Å². The summed E-state index contributed by atoms with van der Waals surface area (Å²) in [6.07, 6.45) is 0.474. The van der Waals surface area contributed by atoms with Crippen molar-refractivity contribution in [2.24, 2.45) is 5.92 Å². The molecule has 0 radical (unpaired) electrons. The van der Waals surface area contributed by atoms with Crippen molar-refractivity contribution in [1.82, 2.24) is 4.98 Å². The van der Waals surface area contributed by atoms with E-state index >= 15 is 0 Å². The molecule has 29 heavy (non-hydrogen) atoms. The summed E-state index contributed by atoms with van der Waals surface area (Å²) in [6, 6.07) is 5.41. The number of carbonyl (C=O) groups excluding carboxylic acids is 3. The normalized spacial score (nSPS) is 21.8. The molecule has 1 aromatic carbocycles. The minimum atomic E-state index is -0.532. The molecular weight excluding hydrogens is 374 g/mol. The molecule has 1 unspecified atom stereocenters. The second kappa shape index (κ2) is 8.65. The zero-order valence-electron chi connectivity index (χ0n) is 17.3. The van der Waals surface area contributed by atoms with Gasteiger partial charge in [-0.25, -0.2) is 4.79 Å². The van der Waals surface area contributed by atoms with Crippen molar-refractivity contribution in [3.8, 4) is 5.75 Å². The molecule has 3 atom stereocenters. The van der Waals surface area contributed by atoms with Crippen LogP contribution < -0.4 is 15.0 Å². The van der Waals surface area contributed by atoms with Crippen LogP contribution in [0.5, 0.6) is 5.75 Å². The number of ether oxygens (including phenoxy) is 2. The van der Waals surface area contributed by atoms with Crippen molar-refractivity contribution < 1.29 is 28.8 Å². The van der Waals surface area contributed by atoms with Gasteiger partial charge in [0.1, 0.15) is 17.2 Å². The second-order valence-electron chi connectivity index (χ2n) is 7.57. The first kappa shape index (κ1) is 20.9. The van der Waals surface area contributed by atoms with E-state index in [0.29, 0.717) is 35.3 Å². The summed E-state index contributed by atoms with van der Waals surface area (Å²) in [6.45, 7) is 6.68. The Morgan fingerprint density at radius 2 is 2.07 bits per heavy atom. The Morgan fingerprint density at radius 1 is 1.31 bits per heavy atom. The number of piperidine rings is 1. The molecule has 0 saturated carbocycles. The highest BCUT2D eigenvalue weighted by Gasteiger charge is 2.34. The summed E-state index contributed by atoms with van der Waals surface area (Å²) in [7, 11) is 1.56. The van der Waals surface area contributed by atoms with E-state index in [1.807, 2.05) is 13.8 Å². The van der Waals surface area contributed by atoms with Gasteiger partial charge in [0.2, 0.25) is 0 Å². The molecule has 8 heteroatoms. The molecule has 1 aromatic heterocycles. The molecule has 1 aliphatic rings.